The van der Waals surface area contributed by atoms with Gasteiger partial charge in [0.05, 0.1) is 5.54 Å². The van der Waals surface area contributed by atoms with Crippen molar-refractivity contribution in [1.29, 1.82) is 0 Å². The third-order valence-electron chi connectivity index (χ3n) is 2.34. The minimum absolute atomic E-state index is 0.0310. The van der Waals surface area contributed by atoms with Crippen molar-refractivity contribution in [3.05, 3.63) is 0 Å². The first kappa shape index (κ1) is 9.52. The van der Waals surface area contributed by atoms with E-state index in [1.54, 1.807) is 0 Å². The predicted molar refractivity (Wildman–Crippen MR) is 48.7 cm³/mol. The topological polar surface area (TPSA) is 55.1 Å². The largest absolute Gasteiger partial charge is 0.352 e. The second kappa shape index (κ2) is 3.44. The molecule has 0 saturated heterocycles. The van der Waals surface area contributed by atoms with Crippen LogP contribution in [0.5, 0.6) is 0 Å². The Labute approximate surface area is 73.7 Å². The number of carbonyl (C=O) groups is 1. The summed E-state index contributed by atoms with van der Waals surface area (Å²) >= 11 is 0. The van der Waals surface area contributed by atoms with Crippen LogP contribution in [0.25, 0.3) is 0 Å². The Morgan fingerprint density at radius 2 is 2.25 bits per heavy atom. The summed E-state index contributed by atoms with van der Waals surface area (Å²) in [6, 6.07) is 0.267. The van der Waals surface area contributed by atoms with Crippen molar-refractivity contribution >= 4 is 5.91 Å². The van der Waals surface area contributed by atoms with E-state index in [0.717, 1.165) is 25.7 Å². The first-order chi connectivity index (χ1) is 5.58. The Hall–Kier alpha value is -0.570. The van der Waals surface area contributed by atoms with Gasteiger partial charge >= 0.3 is 0 Å². The van der Waals surface area contributed by atoms with Gasteiger partial charge in [0.2, 0.25) is 5.91 Å². The normalized spacial score (nSPS) is 21.6. The van der Waals surface area contributed by atoms with Crippen LogP contribution in [0.2, 0.25) is 0 Å². The van der Waals surface area contributed by atoms with Crippen molar-refractivity contribution in [3.63, 3.8) is 0 Å². The minimum Gasteiger partial charge on any atom is -0.352 e. The first-order valence-corrected chi connectivity index (χ1v) is 4.68. The molecule has 3 N–H and O–H groups in total. The number of hydrogen-bond acceptors (Lipinski definition) is 2. The van der Waals surface area contributed by atoms with Crippen LogP contribution in [0.15, 0.2) is 0 Å². The number of nitrogens with one attached hydrogen (secondary N) is 1. The standard InChI is InChI=1S/C9H18N2O/c1-3-4-7(2)11-8(12)9(10)5-6-9/h7H,3-6,10H2,1-2H3,(H,11,12). The monoisotopic (exact) mass is 170 g/mol. The highest BCUT2D eigenvalue weighted by Crippen LogP contribution is 2.32. The lowest BCUT2D eigenvalue weighted by atomic mass is 10.1. The molecular weight excluding hydrogens is 152 g/mol. The molecule has 70 valence electrons. The molecule has 1 fully saturated rings. The quantitative estimate of drug-likeness (QED) is 0.655. The molecule has 1 unspecified atom stereocenters. The first-order valence-electron chi connectivity index (χ1n) is 4.68. The van der Waals surface area contributed by atoms with Gasteiger partial charge in [0.25, 0.3) is 0 Å². The lowest BCUT2D eigenvalue weighted by Gasteiger charge is -2.15. The summed E-state index contributed by atoms with van der Waals surface area (Å²) in [5.74, 6) is 0.0310. The number of rotatable bonds is 4. The molecule has 0 aromatic rings. The molecule has 1 amide bonds. The van der Waals surface area contributed by atoms with Crippen molar-refractivity contribution in [2.24, 2.45) is 5.73 Å². The molecule has 1 aliphatic rings. The van der Waals surface area contributed by atoms with Crippen molar-refractivity contribution in [2.45, 2.75) is 51.1 Å². The van der Waals surface area contributed by atoms with E-state index in [9.17, 15) is 4.79 Å². The van der Waals surface area contributed by atoms with Gasteiger partial charge in [0.15, 0.2) is 0 Å². The van der Waals surface area contributed by atoms with Crippen LogP contribution < -0.4 is 11.1 Å². The summed E-state index contributed by atoms with van der Waals surface area (Å²) in [5.41, 5.74) is 5.21. The number of hydrogen-bond donors (Lipinski definition) is 2. The molecule has 1 saturated carbocycles. The van der Waals surface area contributed by atoms with Crippen LogP contribution in [0, 0.1) is 0 Å². The maximum Gasteiger partial charge on any atom is 0.240 e. The zero-order chi connectivity index (χ0) is 9.19. The summed E-state index contributed by atoms with van der Waals surface area (Å²) in [6.07, 6.45) is 3.82. The van der Waals surface area contributed by atoms with Crippen molar-refractivity contribution in [3.8, 4) is 0 Å². The molecule has 0 aliphatic heterocycles. The van der Waals surface area contributed by atoms with E-state index in [2.05, 4.69) is 12.2 Å². The van der Waals surface area contributed by atoms with Gasteiger partial charge in [0, 0.05) is 6.04 Å². The summed E-state index contributed by atoms with van der Waals surface area (Å²) < 4.78 is 0. The average Bonchev–Trinajstić information content (AvgIpc) is 2.69. The SMILES string of the molecule is CCCC(C)NC(=O)C1(N)CC1. The van der Waals surface area contributed by atoms with E-state index in [1.807, 2.05) is 6.92 Å². The van der Waals surface area contributed by atoms with Crippen LogP contribution >= 0.6 is 0 Å². The smallest absolute Gasteiger partial charge is 0.240 e. The van der Waals surface area contributed by atoms with Crippen molar-refractivity contribution in [1.82, 2.24) is 5.32 Å². The van der Waals surface area contributed by atoms with Crippen molar-refractivity contribution in [2.75, 3.05) is 0 Å². The fourth-order valence-corrected chi connectivity index (χ4v) is 1.23. The number of carbonyl (C=O) groups excluding carboxylic acids is 1. The van der Waals surface area contributed by atoms with E-state index >= 15 is 0 Å². The zero-order valence-electron chi connectivity index (χ0n) is 7.89. The van der Waals surface area contributed by atoms with Gasteiger partial charge in [-0.3, -0.25) is 4.79 Å². The molecule has 12 heavy (non-hydrogen) atoms. The Bertz CT molecular complexity index is 175. The average molecular weight is 170 g/mol. The van der Waals surface area contributed by atoms with Crippen molar-refractivity contribution < 1.29 is 4.79 Å². The molecule has 3 nitrogen and oxygen atoms in total. The second-order valence-corrected chi connectivity index (χ2v) is 3.82. The zero-order valence-corrected chi connectivity index (χ0v) is 7.89. The lowest BCUT2D eigenvalue weighted by molar-refractivity contribution is -0.123. The van der Waals surface area contributed by atoms with Gasteiger partial charge in [-0.1, -0.05) is 13.3 Å². The third kappa shape index (κ3) is 2.21. The molecule has 0 radical (unpaired) electrons. The van der Waals surface area contributed by atoms with Crippen LogP contribution in [-0.4, -0.2) is 17.5 Å². The fraction of sp³-hybridized carbons (Fsp3) is 0.889. The molecular formula is C9H18N2O. The molecule has 0 aromatic heterocycles. The molecule has 0 bridgehead atoms. The van der Waals surface area contributed by atoms with Gasteiger partial charge in [0.1, 0.15) is 0 Å². The Morgan fingerprint density at radius 3 is 2.67 bits per heavy atom. The maximum absolute atomic E-state index is 11.4. The lowest BCUT2D eigenvalue weighted by Crippen LogP contribution is -2.46. The van der Waals surface area contributed by atoms with Gasteiger partial charge in [-0.25, -0.2) is 0 Å². The third-order valence-corrected chi connectivity index (χ3v) is 2.34. The summed E-state index contributed by atoms with van der Waals surface area (Å²) in [7, 11) is 0. The van der Waals surface area contributed by atoms with Crippen LogP contribution in [-0.2, 0) is 4.79 Å². The van der Waals surface area contributed by atoms with Gasteiger partial charge < -0.3 is 11.1 Å². The van der Waals surface area contributed by atoms with Crippen LogP contribution in [0.1, 0.15) is 39.5 Å². The summed E-state index contributed by atoms with van der Waals surface area (Å²) in [5, 5.41) is 2.92. The minimum atomic E-state index is -0.512. The van der Waals surface area contributed by atoms with E-state index in [-0.39, 0.29) is 11.9 Å². The Morgan fingerprint density at radius 1 is 1.67 bits per heavy atom. The Kier molecular flexibility index (Phi) is 2.73. The highest BCUT2D eigenvalue weighted by molar-refractivity contribution is 5.89. The molecule has 3 heteroatoms. The molecule has 1 aliphatic carbocycles. The van der Waals surface area contributed by atoms with Gasteiger partial charge in [-0.15, -0.1) is 0 Å². The summed E-state index contributed by atoms with van der Waals surface area (Å²) in [6.45, 7) is 4.13. The van der Waals surface area contributed by atoms with E-state index in [1.165, 1.54) is 0 Å². The van der Waals surface area contributed by atoms with E-state index in [4.69, 9.17) is 5.73 Å². The second-order valence-electron chi connectivity index (χ2n) is 3.82. The fourth-order valence-electron chi connectivity index (χ4n) is 1.23. The maximum atomic E-state index is 11.4. The molecule has 1 rings (SSSR count). The van der Waals surface area contributed by atoms with Gasteiger partial charge in [-0.2, -0.15) is 0 Å². The van der Waals surface area contributed by atoms with Gasteiger partial charge in [-0.05, 0) is 26.2 Å². The number of amides is 1. The summed E-state index contributed by atoms with van der Waals surface area (Å²) in [4.78, 5) is 11.4. The van der Waals surface area contributed by atoms with Crippen LogP contribution in [0.4, 0.5) is 0 Å². The molecule has 0 heterocycles. The molecule has 0 spiro atoms. The predicted octanol–water partition coefficient (Wildman–Crippen LogP) is 0.782. The molecule has 0 aromatic carbocycles. The van der Waals surface area contributed by atoms with Crippen LogP contribution in [0.3, 0.4) is 0 Å². The number of nitrogens with two attached hydrogens (primary N) is 1. The molecule has 1 atom stereocenters. The Balaban J connectivity index is 2.26. The van der Waals surface area contributed by atoms with E-state index in [0.29, 0.717) is 0 Å². The highest BCUT2D eigenvalue weighted by atomic mass is 16.2. The highest BCUT2D eigenvalue weighted by Gasteiger charge is 2.46. The van der Waals surface area contributed by atoms with E-state index < -0.39 is 5.54 Å².